The molecule has 2 heterocycles. The van der Waals surface area contributed by atoms with Crippen LogP contribution in [0.2, 0.25) is 0 Å². The number of hydrogen-bond donors (Lipinski definition) is 0. The van der Waals surface area contributed by atoms with Gasteiger partial charge in [-0.15, -0.1) is 11.3 Å². The third-order valence-corrected chi connectivity index (χ3v) is 5.04. The number of nitrogens with zero attached hydrogens (tertiary/aromatic N) is 2. The summed E-state index contributed by atoms with van der Waals surface area (Å²) >= 11 is 1.59. The SMILES string of the molecule is Cc1nc(COc2ccc(C(=O)OCc3cccc4cccnc34)cc2)cs1. The lowest BCUT2D eigenvalue weighted by atomic mass is 10.1. The molecular weight excluding hydrogens is 372 g/mol. The van der Waals surface area contributed by atoms with Crippen molar-refractivity contribution in [1.82, 2.24) is 9.97 Å². The molecule has 0 amide bonds. The van der Waals surface area contributed by atoms with Crippen LogP contribution in [0.3, 0.4) is 0 Å². The fourth-order valence-corrected chi connectivity index (χ4v) is 3.43. The van der Waals surface area contributed by atoms with Gasteiger partial charge in [0.15, 0.2) is 0 Å². The molecular formula is C22H18N2O3S. The van der Waals surface area contributed by atoms with Crippen molar-refractivity contribution in [2.24, 2.45) is 0 Å². The van der Waals surface area contributed by atoms with E-state index < -0.39 is 0 Å². The summed E-state index contributed by atoms with van der Waals surface area (Å²) in [6.07, 6.45) is 1.74. The van der Waals surface area contributed by atoms with Crippen molar-refractivity contribution in [3.8, 4) is 5.75 Å². The molecule has 0 radical (unpaired) electrons. The Hall–Kier alpha value is -3.25. The molecule has 4 aromatic rings. The summed E-state index contributed by atoms with van der Waals surface area (Å²) in [6, 6.07) is 16.6. The third kappa shape index (κ3) is 4.18. The second-order valence-electron chi connectivity index (χ2n) is 6.24. The monoisotopic (exact) mass is 390 g/mol. The van der Waals surface area contributed by atoms with E-state index in [9.17, 15) is 4.79 Å². The quantitative estimate of drug-likeness (QED) is 0.437. The molecule has 28 heavy (non-hydrogen) atoms. The number of esters is 1. The molecule has 0 saturated heterocycles. The van der Waals surface area contributed by atoms with Crippen LogP contribution in [0.15, 0.2) is 66.2 Å². The maximum absolute atomic E-state index is 12.4. The van der Waals surface area contributed by atoms with Gasteiger partial charge in [0.2, 0.25) is 0 Å². The summed E-state index contributed by atoms with van der Waals surface area (Å²) in [6.45, 7) is 2.54. The highest BCUT2D eigenvalue weighted by atomic mass is 32.1. The first-order chi connectivity index (χ1) is 13.7. The summed E-state index contributed by atoms with van der Waals surface area (Å²) in [7, 11) is 0. The number of aromatic nitrogens is 2. The molecule has 0 saturated carbocycles. The maximum atomic E-state index is 12.4. The van der Waals surface area contributed by atoms with Gasteiger partial charge in [-0.25, -0.2) is 9.78 Å². The molecule has 0 spiro atoms. The van der Waals surface area contributed by atoms with Gasteiger partial charge in [0.25, 0.3) is 0 Å². The van der Waals surface area contributed by atoms with Gasteiger partial charge in [0, 0.05) is 22.5 Å². The Morgan fingerprint density at radius 3 is 2.64 bits per heavy atom. The van der Waals surface area contributed by atoms with Gasteiger partial charge < -0.3 is 9.47 Å². The zero-order valence-corrected chi connectivity index (χ0v) is 16.1. The van der Waals surface area contributed by atoms with Crippen LogP contribution < -0.4 is 4.74 Å². The second kappa shape index (κ2) is 8.19. The highest BCUT2D eigenvalue weighted by molar-refractivity contribution is 7.09. The number of pyridine rings is 1. The molecule has 0 bridgehead atoms. The van der Waals surface area contributed by atoms with Crippen LogP contribution in [-0.4, -0.2) is 15.9 Å². The van der Waals surface area contributed by atoms with Crippen molar-refractivity contribution in [2.75, 3.05) is 0 Å². The van der Waals surface area contributed by atoms with Crippen LogP contribution in [-0.2, 0) is 18.0 Å². The Labute approximate surface area is 166 Å². The summed E-state index contributed by atoms with van der Waals surface area (Å²) in [5.74, 6) is 0.301. The predicted octanol–water partition coefficient (Wildman–Crippen LogP) is 4.94. The first-order valence-electron chi connectivity index (χ1n) is 8.83. The van der Waals surface area contributed by atoms with E-state index in [4.69, 9.17) is 9.47 Å². The minimum Gasteiger partial charge on any atom is -0.487 e. The zero-order valence-electron chi connectivity index (χ0n) is 15.3. The van der Waals surface area contributed by atoms with Crippen molar-refractivity contribution < 1.29 is 14.3 Å². The lowest BCUT2D eigenvalue weighted by Crippen LogP contribution is -2.06. The van der Waals surface area contributed by atoms with Crippen molar-refractivity contribution in [1.29, 1.82) is 0 Å². The molecule has 0 aliphatic heterocycles. The normalized spacial score (nSPS) is 10.8. The Morgan fingerprint density at radius 2 is 1.86 bits per heavy atom. The molecule has 4 rings (SSSR count). The van der Waals surface area contributed by atoms with Gasteiger partial charge in [0.1, 0.15) is 19.0 Å². The lowest BCUT2D eigenvalue weighted by molar-refractivity contribution is 0.0474. The van der Waals surface area contributed by atoms with Gasteiger partial charge >= 0.3 is 5.97 Å². The molecule has 2 aromatic heterocycles. The molecule has 0 unspecified atom stereocenters. The number of para-hydroxylation sites is 1. The Balaban J connectivity index is 1.36. The number of ether oxygens (including phenoxy) is 2. The standard InChI is InChI=1S/C22H18N2O3S/c1-15-24-19(14-28-15)13-26-20-9-7-17(8-10-20)22(25)27-12-18-5-2-4-16-6-3-11-23-21(16)18/h2-11,14H,12-13H2,1H3. The van der Waals surface area contributed by atoms with Gasteiger partial charge in [-0.05, 0) is 37.3 Å². The van der Waals surface area contributed by atoms with Crippen LogP contribution in [0, 0.1) is 6.92 Å². The Kier molecular flexibility index (Phi) is 5.30. The number of hydrogen-bond acceptors (Lipinski definition) is 6. The fourth-order valence-electron chi connectivity index (χ4n) is 2.83. The smallest absolute Gasteiger partial charge is 0.338 e. The van der Waals surface area contributed by atoms with Crippen LogP contribution in [0.1, 0.15) is 26.6 Å². The predicted molar refractivity (Wildman–Crippen MR) is 108 cm³/mol. The highest BCUT2D eigenvalue weighted by Crippen LogP contribution is 2.19. The molecule has 140 valence electrons. The highest BCUT2D eigenvalue weighted by Gasteiger charge is 2.10. The minimum absolute atomic E-state index is 0.175. The Morgan fingerprint density at radius 1 is 1.04 bits per heavy atom. The van der Waals surface area contributed by atoms with Crippen molar-refractivity contribution in [3.63, 3.8) is 0 Å². The van der Waals surface area contributed by atoms with Crippen molar-refractivity contribution >= 4 is 28.2 Å². The number of fused-ring (bicyclic) bond motifs is 1. The third-order valence-electron chi connectivity index (χ3n) is 4.22. The van der Waals surface area contributed by atoms with E-state index in [-0.39, 0.29) is 12.6 Å². The average molecular weight is 390 g/mol. The molecule has 0 atom stereocenters. The van der Waals surface area contributed by atoms with E-state index in [1.54, 1.807) is 41.8 Å². The fraction of sp³-hybridized carbons (Fsp3) is 0.136. The topological polar surface area (TPSA) is 61.3 Å². The van der Waals surface area contributed by atoms with Crippen LogP contribution in [0.4, 0.5) is 0 Å². The van der Waals surface area contributed by atoms with E-state index in [2.05, 4.69) is 9.97 Å². The summed E-state index contributed by atoms with van der Waals surface area (Å²) in [4.78, 5) is 21.1. The molecule has 0 fully saturated rings. The summed E-state index contributed by atoms with van der Waals surface area (Å²) in [5.41, 5.74) is 3.10. The molecule has 6 heteroatoms. The first-order valence-corrected chi connectivity index (χ1v) is 9.70. The first kappa shape index (κ1) is 18.1. The van der Waals surface area contributed by atoms with Crippen LogP contribution in [0.5, 0.6) is 5.75 Å². The largest absolute Gasteiger partial charge is 0.487 e. The van der Waals surface area contributed by atoms with Crippen molar-refractivity contribution in [2.45, 2.75) is 20.1 Å². The maximum Gasteiger partial charge on any atom is 0.338 e. The van der Waals surface area contributed by atoms with E-state index in [1.807, 2.05) is 42.6 Å². The van der Waals surface area contributed by atoms with Gasteiger partial charge in [0.05, 0.1) is 21.8 Å². The second-order valence-corrected chi connectivity index (χ2v) is 7.30. The number of benzene rings is 2. The molecule has 0 aliphatic rings. The van der Waals surface area contributed by atoms with E-state index in [1.165, 1.54) is 0 Å². The van der Waals surface area contributed by atoms with E-state index in [0.29, 0.717) is 17.9 Å². The van der Waals surface area contributed by atoms with Crippen molar-refractivity contribution in [3.05, 3.63) is 88.0 Å². The van der Waals surface area contributed by atoms with Crippen LogP contribution in [0.25, 0.3) is 10.9 Å². The molecule has 5 nitrogen and oxygen atoms in total. The van der Waals surface area contributed by atoms with Gasteiger partial charge in [-0.1, -0.05) is 24.3 Å². The number of rotatable bonds is 6. The summed E-state index contributed by atoms with van der Waals surface area (Å²) in [5, 5.41) is 4.01. The molecule has 0 N–H and O–H groups in total. The Bertz CT molecular complexity index is 1100. The van der Waals surface area contributed by atoms with E-state index in [0.717, 1.165) is 27.2 Å². The number of carbonyl (C=O) groups excluding carboxylic acids is 1. The van der Waals surface area contributed by atoms with E-state index >= 15 is 0 Å². The zero-order chi connectivity index (χ0) is 19.3. The average Bonchev–Trinajstić information content (AvgIpc) is 3.16. The number of aryl methyl sites for hydroxylation is 1. The number of carbonyl (C=O) groups is 1. The van der Waals surface area contributed by atoms with Gasteiger partial charge in [-0.2, -0.15) is 0 Å². The lowest BCUT2D eigenvalue weighted by Gasteiger charge is -2.08. The molecule has 0 aliphatic carbocycles. The number of thiazole rings is 1. The van der Waals surface area contributed by atoms with Crippen LogP contribution >= 0.6 is 11.3 Å². The molecule has 2 aromatic carbocycles. The summed E-state index contributed by atoms with van der Waals surface area (Å²) < 4.78 is 11.2. The van der Waals surface area contributed by atoms with Gasteiger partial charge in [-0.3, -0.25) is 4.98 Å². The minimum atomic E-state index is -0.380.